The molecule has 1 aliphatic carbocycles. The zero-order valence-electron chi connectivity index (χ0n) is 10.0. The second kappa shape index (κ2) is 4.39. The Kier molecular flexibility index (Phi) is 2.86. The molecular formula is C13H15NO3S. The molecule has 0 atom stereocenters. The van der Waals surface area contributed by atoms with Crippen molar-refractivity contribution in [2.45, 2.75) is 25.7 Å². The number of carbonyl (C=O) groups excluding carboxylic acids is 1. The van der Waals surface area contributed by atoms with Crippen molar-refractivity contribution in [3.05, 3.63) is 21.4 Å². The molecule has 18 heavy (non-hydrogen) atoms. The maximum Gasteiger partial charge on any atom is 0.303 e. The van der Waals surface area contributed by atoms with Gasteiger partial charge in [-0.2, -0.15) is 0 Å². The van der Waals surface area contributed by atoms with Crippen LogP contribution < -0.4 is 0 Å². The van der Waals surface area contributed by atoms with Crippen molar-refractivity contribution in [3.63, 3.8) is 0 Å². The second-order valence-corrected chi connectivity index (χ2v) is 6.22. The molecule has 1 fully saturated rings. The average molecular weight is 265 g/mol. The van der Waals surface area contributed by atoms with E-state index in [0.29, 0.717) is 13.1 Å². The first kappa shape index (κ1) is 11.7. The fourth-order valence-electron chi connectivity index (χ4n) is 2.70. The van der Waals surface area contributed by atoms with Crippen molar-refractivity contribution in [1.29, 1.82) is 0 Å². The zero-order valence-corrected chi connectivity index (χ0v) is 10.8. The minimum atomic E-state index is -0.776. The summed E-state index contributed by atoms with van der Waals surface area (Å²) < 4.78 is 0. The van der Waals surface area contributed by atoms with E-state index in [1.54, 1.807) is 16.2 Å². The Morgan fingerprint density at radius 3 is 2.83 bits per heavy atom. The van der Waals surface area contributed by atoms with Crippen molar-refractivity contribution in [3.8, 4) is 0 Å². The van der Waals surface area contributed by atoms with Crippen molar-refractivity contribution >= 4 is 23.2 Å². The van der Waals surface area contributed by atoms with Crippen LogP contribution in [0.2, 0.25) is 0 Å². The van der Waals surface area contributed by atoms with Gasteiger partial charge in [0.05, 0.1) is 11.3 Å². The van der Waals surface area contributed by atoms with Gasteiger partial charge in [0.1, 0.15) is 0 Å². The molecule has 0 bridgehead atoms. The molecule has 5 heteroatoms. The van der Waals surface area contributed by atoms with Gasteiger partial charge in [0.15, 0.2) is 0 Å². The summed E-state index contributed by atoms with van der Waals surface area (Å²) in [5, 5.41) is 8.67. The molecule has 1 aromatic rings. The summed E-state index contributed by atoms with van der Waals surface area (Å²) in [6.07, 6.45) is 3.58. The number of nitrogens with zero attached hydrogens (tertiary/aromatic N) is 1. The summed E-state index contributed by atoms with van der Waals surface area (Å²) in [5.74, 6) is -0.559. The van der Waals surface area contributed by atoms with Crippen LogP contribution >= 0.6 is 11.3 Å². The van der Waals surface area contributed by atoms with E-state index in [1.165, 1.54) is 16.9 Å². The van der Waals surface area contributed by atoms with E-state index < -0.39 is 5.97 Å². The molecular weight excluding hydrogens is 250 g/mol. The van der Waals surface area contributed by atoms with Gasteiger partial charge in [0, 0.05) is 23.9 Å². The first-order valence-corrected chi connectivity index (χ1v) is 7.08. The van der Waals surface area contributed by atoms with Gasteiger partial charge < -0.3 is 10.0 Å². The number of hydrogen-bond donors (Lipinski definition) is 1. The number of carbonyl (C=O) groups is 2. The minimum Gasteiger partial charge on any atom is -0.481 e. The molecule has 1 N–H and O–H groups in total. The number of carboxylic acids is 1. The molecule has 1 aromatic heterocycles. The molecule has 2 aliphatic rings. The largest absolute Gasteiger partial charge is 0.481 e. The number of aliphatic carboxylic acids is 1. The monoisotopic (exact) mass is 265 g/mol. The number of rotatable bonds is 3. The molecule has 1 amide bonds. The van der Waals surface area contributed by atoms with Gasteiger partial charge in [-0.3, -0.25) is 9.59 Å². The van der Waals surface area contributed by atoms with E-state index in [9.17, 15) is 9.59 Å². The van der Waals surface area contributed by atoms with Crippen molar-refractivity contribution in [1.82, 2.24) is 4.90 Å². The Balaban J connectivity index is 1.61. The minimum absolute atomic E-state index is 0.0797. The Morgan fingerprint density at radius 1 is 1.39 bits per heavy atom. The van der Waals surface area contributed by atoms with E-state index in [1.807, 2.05) is 6.07 Å². The van der Waals surface area contributed by atoms with Crippen LogP contribution in [-0.2, 0) is 17.6 Å². The SMILES string of the molecule is O=C(O)CC1CN(C(=O)c2cc3c(s2)CCC3)C1. The molecule has 0 aromatic carbocycles. The number of likely N-dealkylation sites (tertiary alicyclic amines) is 1. The Bertz CT molecular complexity index is 481. The first-order chi connectivity index (χ1) is 8.63. The van der Waals surface area contributed by atoms with E-state index in [4.69, 9.17) is 5.11 Å². The molecule has 0 radical (unpaired) electrons. The van der Waals surface area contributed by atoms with Crippen LogP contribution in [0, 0.1) is 5.92 Å². The van der Waals surface area contributed by atoms with E-state index in [-0.39, 0.29) is 18.2 Å². The van der Waals surface area contributed by atoms with Crippen LogP contribution in [0.4, 0.5) is 0 Å². The van der Waals surface area contributed by atoms with Crippen molar-refractivity contribution < 1.29 is 14.7 Å². The Labute approximate surface area is 109 Å². The molecule has 1 aliphatic heterocycles. The van der Waals surface area contributed by atoms with Crippen LogP contribution in [-0.4, -0.2) is 35.0 Å². The van der Waals surface area contributed by atoms with Gasteiger partial charge >= 0.3 is 5.97 Å². The highest BCUT2D eigenvalue weighted by molar-refractivity contribution is 7.14. The summed E-state index contributed by atoms with van der Waals surface area (Å²) in [6, 6.07) is 2.03. The first-order valence-electron chi connectivity index (χ1n) is 6.26. The van der Waals surface area contributed by atoms with Crippen LogP contribution in [0.1, 0.15) is 33.0 Å². The van der Waals surface area contributed by atoms with Gasteiger partial charge in [0.2, 0.25) is 0 Å². The van der Waals surface area contributed by atoms with Crippen molar-refractivity contribution in [2.24, 2.45) is 5.92 Å². The lowest BCUT2D eigenvalue weighted by molar-refractivity contribution is -0.139. The number of carboxylic acid groups (broad SMARTS) is 1. The smallest absolute Gasteiger partial charge is 0.303 e. The number of thiophene rings is 1. The average Bonchev–Trinajstić information content (AvgIpc) is 2.80. The highest BCUT2D eigenvalue weighted by Crippen LogP contribution is 2.32. The van der Waals surface area contributed by atoms with Gasteiger partial charge in [-0.05, 0) is 30.9 Å². The summed E-state index contributed by atoms with van der Waals surface area (Å²) in [7, 11) is 0. The van der Waals surface area contributed by atoms with Crippen LogP contribution in [0.5, 0.6) is 0 Å². The van der Waals surface area contributed by atoms with Crippen molar-refractivity contribution in [2.75, 3.05) is 13.1 Å². The summed E-state index contributed by atoms with van der Waals surface area (Å²) in [4.78, 5) is 26.6. The highest BCUT2D eigenvalue weighted by Gasteiger charge is 2.33. The third kappa shape index (κ3) is 2.03. The predicted octanol–water partition coefficient (Wildman–Crippen LogP) is 1.78. The van der Waals surface area contributed by atoms with E-state index in [2.05, 4.69) is 0 Å². The molecule has 96 valence electrons. The lowest BCUT2D eigenvalue weighted by Gasteiger charge is -2.38. The number of hydrogen-bond acceptors (Lipinski definition) is 3. The Hall–Kier alpha value is -1.36. The summed E-state index contributed by atoms with van der Waals surface area (Å²) >= 11 is 1.62. The molecule has 0 spiro atoms. The normalized spacial score (nSPS) is 18.6. The quantitative estimate of drug-likeness (QED) is 0.906. The molecule has 0 unspecified atom stereocenters. The predicted molar refractivity (Wildman–Crippen MR) is 68.0 cm³/mol. The molecule has 0 saturated carbocycles. The molecule has 1 saturated heterocycles. The molecule has 4 nitrogen and oxygen atoms in total. The molecule has 3 rings (SSSR count). The summed E-state index contributed by atoms with van der Waals surface area (Å²) in [5.41, 5.74) is 1.34. The zero-order chi connectivity index (χ0) is 12.7. The maximum atomic E-state index is 12.2. The van der Waals surface area contributed by atoms with Gasteiger partial charge in [-0.15, -0.1) is 11.3 Å². The van der Waals surface area contributed by atoms with Crippen LogP contribution in [0.15, 0.2) is 6.07 Å². The Morgan fingerprint density at radius 2 is 2.17 bits per heavy atom. The van der Waals surface area contributed by atoms with Gasteiger partial charge in [-0.1, -0.05) is 0 Å². The van der Waals surface area contributed by atoms with Crippen LogP contribution in [0.25, 0.3) is 0 Å². The summed E-state index contributed by atoms with van der Waals surface area (Å²) in [6.45, 7) is 1.18. The second-order valence-electron chi connectivity index (χ2n) is 5.09. The third-order valence-electron chi connectivity index (χ3n) is 3.67. The van der Waals surface area contributed by atoms with E-state index >= 15 is 0 Å². The number of fused-ring (bicyclic) bond motifs is 1. The van der Waals surface area contributed by atoms with E-state index in [0.717, 1.165) is 17.7 Å². The topological polar surface area (TPSA) is 57.6 Å². The molecule has 2 heterocycles. The highest BCUT2D eigenvalue weighted by atomic mass is 32.1. The maximum absolute atomic E-state index is 12.2. The lowest BCUT2D eigenvalue weighted by Crippen LogP contribution is -2.50. The lowest BCUT2D eigenvalue weighted by atomic mass is 9.96. The van der Waals surface area contributed by atoms with Gasteiger partial charge in [0.25, 0.3) is 5.91 Å². The number of aryl methyl sites for hydroxylation is 2. The van der Waals surface area contributed by atoms with Gasteiger partial charge in [-0.25, -0.2) is 0 Å². The van der Waals surface area contributed by atoms with Crippen LogP contribution in [0.3, 0.4) is 0 Å². The fourth-order valence-corrected chi connectivity index (χ4v) is 3.92. The third-order valence-corrected chi connectivity index (χ3v) is 4.89. The standard InChI is InChI=1S/C13H15NO3S/c15-12(16)4-8-6-14(7-8)13(17)11-5-9-2-1-3-10(9)18-11/h5,8H,1-4,6-7H2,(H,15,16). The number of amides is 1. The fraction of sp³-hybridized carbons (Fsp3) is 0.538.